The molecule has 0 spiro atoms. The van der Waals surface area contributed by atoms with Gasteiger partial charge in [0.1, 0.15) is 0 Å². The molecule has 0 radical (unpaired) electrons. The molecule has 0 amide bonds. The number of hydrogen-bond acceptors (Lipinski definition) is 5. The third kappa shape index (κ3) is 16700. The molecule has 64 valence electrons. The van der Waals surface area contributed by atoms with Crippen molar-refractivity contribution < 1.29 is 46.6 Å². The van der Waals surface area contributed by atoms with E-state index in [1.165, 1.54) is 0 Å². The van der Waals surface area contributed by atoms with Crippen LogP contribution in [-0.2, 0) is 32.0 Å². The number of rotatable bonds is 0. The van der Waals surface area contributed by atoms with Crippen LogP contribution in [0.25, 0.3) is 0 Å². The number of hydrogen-bond donors (Lipinski definition) is 3. The number of phosphoric acid groups is 1. The van der Waals surface area contributed by atoms with Crippen LogP contribution in [0.1, 0.15) is 0 Å². The second-order valence-corrected chi connectivity index (χ2v) is 2.68. The van der Waals surface area contributed by atoms with Crippen molar-refractivity contribution >= 4 is 7.82 Å². The molecule has 0 saturated heterocycles. The molecule has 0 aliphatic carbocycles. The Kier molecular flexibility index (Phi) is 12.1. The Hall–Kier alpha value is 0.158. The Morgan fingerprint density at radius 1 is 1.20 bits per heavy atom. The van der Waals surface area contributed by atoms with Crippen molar-refractivity contribution in [1.29, 1.82) is 0 Å². The van der Waals surface area contributed by atoms with Gasteiger partial charge in [-0.2, -0.15) is 0 Å². The standard InChI is InChI=1S/Mo.H3N.H3O4P.3O/c;;1-5(2,3)4;;;/h;1H3;(H3,1,2,3,4);;;. The average molecular weight is 259 g/mol. The van der Waals surface area contributed by atoms with Crippen LogP contribution >= 0.6 is 7.82 Å². The minimum absolute atomic E-state index is 0. The molecule has 0 aromatic heterocycles. The van der Waals surface area contributed by atoms with Crippen LogP contribution in [-0.4, -0.2) is 9.79 Å². The predicted molar refractivity (Wildman–Crippen MR) is 20.1 cm³/mol. The summed E-state index contributed by atoms with van der Waals surface area (Å²) in [4.78, 5) is 22.9. The molecule has 0 fully saturated rings. The van der Waals surface area contributed by atoms with E-state index >= 15 is 0 Å². The van der Waals surface area contributed by atoms with E-state index < -0.39 is 25.0 Å². The summed E-state index contributed by atoms with van der Waals surface area (Å²) in [5, 5.41) is 0. The molecule has 10 heavy (non-hydrogen) atoms. The van der Waals surface area contributed by atoms with Crippen LogP contribution in [0.5, 0.6) is 0 Å². The average Bonchev–Trinajstić information content (AvgIpc) is 1.19. The van der Waals surface area contributed by atoms with Gasteiger partial charge in [0.2, 0.25) is 0 Å². The molecule has 0 aliphatic heterocycles. The third-order valence-corrected chi connectivity index (χ3v) is 0. The second-order valence-electron chi connectivity index (χ2n) is 0.695. The second kappa shape index (κ2) is 7.27. The Bertz CT molecular complexity index is 178. The fraction of sp³-hybridized carbons (Fsp3) is 0. The van der Waals surface area contributed by atoms with Gasteiger partial charge >= 0.3 is 27.4 Å². The predicted octanol–water partition coefficient (Wildman–Crippen LogP) is -1.54. The summed E-state index contributed by atoms with van der Waals surface area (Å²) < 4.78 is 34.5. The van der Waals surface area contributed by atoms with E-state index in [0.29, 0.717) is 0 Å². The molecule has 6 N–H and O–H groups in total. The summed E-state index contributed by atoms with van der Waals surface area (Å²) in [7, 11) is -4.89. The van der Waals surface area contributed by atoms with Gasteiger partial charge in [0.15, 0.2) is 0 Å². The minimum atomic E-state index is -4.89. The fourth-order valence-corrected chi connectivity index (χ4v) is 0. The van der Waals surface area contributed by atoms with Crippen molar-refractivity contribution in [3.8, 4) is 0 Å². The van der Waals surface area contributed by atoms with E-state index in [-0.39, 0.29) is 6.15 Å². The van der Waals surface area contributed by atoms with Crippen LogP contribution in [0, 0.1) is 0 Å². The van der Waals surface area contributed by atoms with E-state index in [2.05, 4.69) is 0 Å². The first-order valence-electron chi connectivity index (χ1n) is 1.27. The summed E-state index contributed by atoms with van der Waals surface area (Å²) in [5.41, 5.74) is 0. The summed E-state index contributed by atoms with van der Waals surface area (Å²) >= 11 is -4.11. The first-order chi connectivity index (χ1) is 3.73. The van der Waals surface area contributed by atoms with Gasteiger partial charge in [-0.15, -0.1) is 0 Å². The molecule has 0 aromatic carbocycles. The van der Waals surface area contributed by atoms with E-state index in [4.69, 9.17) is 29.4 Å². The topological polar surface area (TPSA) is 168 Å². The van der Waals surface area contributed by atoms with Crippen molar-refractivity contribution in [2.45, 2.75) is 0 Å². The van der Waals surface area contributed by atoms with Gasteiger partial charge < -0.3 is 20.8 Å². The fourth-order valence-electron chi connectivity index (χ4n) is 0. The van der Waals surface area contributed by atoms with E-state index in [0.717, 1.165) is 0 Å². The van der Waals surface area contributed by atoms with E-state index in [1.54, 1.807) is 0 Å². The molecule has 0 bridgehead atoms. The Balaban J connectivity index is -0.0000000910. The Morgan fingerprint density at radius 3 is 1.20 bits per heavy atom. The molecule has 0 unspecified atom stereocenters. The third-order valence-electron chi connectivity index (χ3n) is 0. The molecule has 0 saturated carbocycles. The van der Waals surface area contributed by atoms with E-state index in [1.807, 2.05) is 0 Å². The van der Waals surface area contributed by atoms with Crippen LogP contribution < -0.4 is 11.0 Å². The molecular weight excluding hydrogens is 253 g/mol. The molecule has 0 rings (SSSR count). The van der Waals surface area contributed by atoms with Gasteiger partial charge in [0, 0.05) is 0 Å². The molecule has 0 heterocycles. The van der Waals surface area contributed by atoms with Gasteiger partial charge in [0.25, 0.3) is 7.82 Å². The van der Waals surface area contributed by atoms with Crippen molar-refractivity contribution in [3.05, 3.63) is 0 Å². The van der Waals surface area contributed by atoms with Gasteiger partial charge in [-0.25, -0.2) is 0 Å². The van der Waals surface area contributed by atoms with Crippen molar-refractivity contribution in [3.63, 3.8) is 0 Å². The summed E-state index contributed by atoms with van der Waals surface area (Å²) in [5.74, 6) is 0. The Labute approximate surface area is 61.2 Å². The van der Waals surface area contributed by atoms with Crippen molar-refractivity contribution in [2.24, 2.45) is 0 Å². The number of quaternary nitrogens is 1. The first kappa shape index (κ1) is 16.6. The van der Waals surface area contributed by atoms with Crippen LogP contribution in [0.4, 0.5) is 0 Å². The molecule has 0 aromatic rings. The van der Waals surface area contributed by atoms with Crippen molar-refractivity contribution in [2.75, 3.05) is 0 Å². The van der Waals surface area contributed by atoms with Crippen LogP contribution in [0.2, 0.25) is 0 Å². The molecule has 8 nitrogen and oxygen atoms in total. The van der Waals surface area contributed by atoms with Gasteiger partial charge in [0.05, 0.1) is 0 Å². The SMILES string of the molecule is O=P([O-])(O)O.[NH4+].[O]=[Mo](=[O])=[O]. The zero-order valence-corrected chi connectivity index (χ0v) is 7.69. The summed E-state index contributed by atoms with van der Waals surface area (Å²) in [6.45, 7) is 0. The van der Waals surface area contributed by atoms with Gasteiger partial charge in [-0.3, -0.25) is 4.57 Å². The summed E-state index contributed by atoms with van der Waals surface area (Å²) in [6, 6.07) is 0. The zero-order valence-electron chi connectivity index (χ0n) is 4.79. The van der Waals surface area contributed by atoms with Crippen molar-refractivity contribution in [1.82, 2.24) is 6.15 Å². The van der Waals surface area contributed by atoms with Gasteiger partial charge in [-0.05, 0) is 0 Å². The first-order valence-corrected chi connectivity index (χ1v) is 5.25. The van der Waals surface area contributed by atoms with Crippen LogP contribution in [0.15, 0.2) is 0 Å². The normalized spacial score (nSPS) is 8.30. The maximum atomic E-state index is 8.77. The molecular formula is H6MoNO7P. The molecule has 10 heteroatoms. The quantitative estimate of drug-likeness (QED) is 0.349. The molecule has 0 aliphatic rings. The van der Waals surface area contributed by atoms with E-state index in [9.17, 15) is 0 Å². The van der Waals surface area contributed by atoms with Gasteiger partial charge in [-0.1, -0.05) is 0 Å². The summed E-state index contributed by atoms with van der Waals surface area (Å²) in [6.07, 6.45) is 0. The molecule has 0 atom stereocenters. The maximum absolute atomic E-state index is 8.77. The van der Waals surface area contributed by atoms with Crippen LogP contribution in [0.3, 0.4) is 0 Å². The monoisotopic (exact) mass is 261 g/mol. The Morgan fingerprint density at radius 2 is 1.20 bits per heavy atom. The zero-order chi connectivity index (χ0) is 8.08.